The van der Waals surface area contributed by atoms with Crippen molar-refractivity contribution in [3.63, 3.8) is 0 Å². The molecule has 0 aromatic carbocycles. The molecule has 6 nitrogen and oxygen atoms in total. The number of amides is 1. The fourth-order valence-corrected chi connectivity index (χ4v) is 2.05. The van der Waals surface area contributed by atoms with E-state index in [4.69, 9.17) is 14.2 Å². The van der Waals surface area contributed by atoms with Gasteiger partial charge in [0.1, 0.15) is 12.2 Å². The van der Waals surface area contributed by atoms with E-state index < -0.39 is 5.60 Å². The molecule has 6 heteroatoms. The van der Waals surface area contributed by atoms with E-state index in [0.717, 1.165) is 12.0 Å². The van der Waals surface area contributed by atoms with Gasteiger partial charge in [-0.3, -0.25) is 4.79 Å². The number of hydrogen-bond acceptors (Lipinski definition) is 5. The zero-order valence-corrected chi connectivity index (χ0v) is 14.1. The van der Waals surface area contributed by atoms with Gasteiger partial charge >= 0.3 is 0 Å². The van der Waals surface area contributed by atoms with Crippen molar-refractivity contribution in [2.75, 3.05) is 32.8 Å². The summed E-state index contributed by atoms with van der Waals surface area (Å²) in [5.41, 5.74) is 0.639. The molecule has 1 heterocycles. The van der Waals surface area contributed by atoms with Crippen LogP contribution >= 0.6 is 0 Å². The second-order valence-electron chi connectivity index (χ2n) is 5.33. The highest BCUT2D eigenvalue weighted by atomic mass is 16.5. The molecule has 0 saturated heterocycles. The first-order valence-corrected chi connectivity index (χ1v) is 7.41. The number of hydrogen-bond donors (Lipinski definition) is 1. The molecule has 124 valence electrons. The van der Waals surface area contributed by atoms with Gasteiger partial charge in [0.25, 0.3) is 5.91 Å². The summed E-state index contributed by atoms with van der Waals surface area (Å²) in [6.45, 7) is 6.63. The molecule has 0 fully saturated rings. The Morgan fingerprint density at radius 1 is 1.36 bits per heavy atom. The Kier molecular flexibility index (Phi) is 7.27. The van der Waals surface area contributed by atoms with Crippen molar-refractivity contribution in [2.24, 2.45) is 0 Å². The van der Waals surface area contributed by atoms with Crippen LogP contribution in [0.2, 0.25) is 0 Å². The van der Waals surface area contributed by atoms with E-state index in [9.17, 15) is 4.79 Å². The Labute approximate surface area is 132 Å². The number of anilines is 1. The largest absolute Gasteiger partial charge is 0.475 e. The lowest BCUT2D eigenvalue weighted by atomic mass is 9.99. The maximum atomic E-state index is 12.4. The van der Waals surface area contributed by atoms with Gasteiger partial charge in [0.2, 0.25) is 5.88 Å². The van der Waals surface area contributed by atoms with Crippen LogP contribution in [0.3, 0.4) is 0 Å². The van der Waals surface area contributed by atoms with Gasteiger partial charge in [0, 0.05) is 19.8 Å². The molecule has 0 aliphatic heterocycles. The molecule has 0 saturated carbocycles. The van der Waals surface area contributed by atoms with Crippen molar-refractivity contribution in [1.82, 2.24) is 4.98 Å². The SMILES string of the molecule is CCC[C@@](C)(OC)C(=O)Nc1cnc(OCCOC)c(C)c1. The highest BCUT2D eigenvalue weighted by Gasteiger charge is 2.32. The molecule has 1 aromatic rings. The van der Waals surface area contributed by atoms with Crippen LogP contribution in [0.4, 0.5) is 5.69 Å². The first-order valence-electron chi connectivity index (χ1n) is 7.41. The highest BCUT2D eigenvalue weighted by molar-refractivity contribution is 5.97. The number of methoxy groups -OCH3 is 2. The molecule has 0 radical (unpaired) electrons. The zero-order valence-electron chi connectivity index (χ0n) is 14.1. The van der Waals surface area contributed by atoms with E-state index in [1.54, 1.807) is 27.3 Å². The minimum Gasteiger partial charge on any atom is -0.475 e. The lowest BCUT2D eigenvalue weighted by molar-refractivity contribution is -0.136. The Bertz CT molecular complexity index is 493. The van der Waals surface area contributed by atoms with Crippen LogP contribution < -0.4 is 10.1 Å². The minimum absolute atomic E-state index is 0.175. The molecule has 1 amide bonds. The average molecular weight is 310 g/mol. The molecule has 0 spiro atoms. The molecule has 1 N–H and O–H groups in total. The van der Waals surface area contributed by atoms with E-state index in [1.165, 1.54) is 0 Å². The molecule has 22 heavy (non-hydrogen) atoms. The van der Waals surface area contributed by atoms with Crippen molar-refractivity contribution in [3.8, 4) is 5.88 Å². The number of aryl methyl sites for hydroxylation is 1. The number of nitrogens with one attached hydrogen (secondary N) is 1. The Morgan fingerprint density at radius 2 is 2.09 bits per heavy atom. The molecule has 0 aliphatic rings. The van der Waals surface area contributed by atoms with E-state index in [0.29, 0.717) is 31.2 Å². The fourth-order valence-electron chi connectivity index (χ4n) is 2.05. The molecule has 1 rings (SSSR count). The summed E-state index contributed by atoms with van der Waals surface area (Å²) in [5, 5.41) is 2.85. The average Bonchev–Trinajstić information content (AvgIpc) is 2.49. The molecular formula is C16H26N2O4. The molecule has 1 atom stereocenters. The van der Waals surface area contributed by atoms with Gasteiger partial charge in [-0.05, 0) is 26.3 Å². The van der Waals surface area contributed by atoms with Crippen molar-refractivity contribution in [1.29, 1.82) is 0 Å². The minimum atomic E-state index is -0.837. The Morgan fingerprint density at radius 3 is 2.64 bits per heavy atom. The van der Waals surface area contributed by atoms with Gasteiger partial charge in [-0.25, -0.2) is 4.98 Å². The third-order valence-corrected chi connectivity index (χ3v) is 3.47. The predicted octanol–water partition coefficient (Wildman–Crippen LogP) is 2.56. The Balaban J connectivity index is 2.74. The van der Waals surface area contributed by atoms with Crippen molar-refractivity contribution in [2.45, 2.75) is 39.2 Å². The monoisotopic (exact) mass is 310 g/mol. The van der Waals surface area contributed by atoms with Gasteiger partial charge < -0.3 is 19.5 Å². The van der Waals surface area contributed by atoms with Crippen LogP contribution in [-0.2, 0) is 14.3 Å². The van der Waals surface area contributed by atoms with Gasteiger partial charge in [0.15, 0.2) is 0 Å². The number of ether oxygens (including phenoxy) is 3. The number of aromatic nitrogens is 1. The molecule has 1 aromatic heterocycles. The van der Waals surface area contributed by atoms with Crippen LogP contribution in [0.15, 0.2) is 12.3 Å². The summed E-state index contributed by atoms with van der Waals surface area (Å²) in [6, 6.07) is 1.83. The first kappa shape index (κ1) is 18.4. The number of pyridine rings is 1. The Hall–Kier alpha value is -1.66. The number of nitrogens with zero attached hydrogens (tertiary/aromatic N) is 1. The van der Waals surface area contributed by atoms with Crippen LogP contribution in [0, 0.1) is 6.92 Å². The molecular weight excluding hydrogens is 284 g/mol. The number of rotatable bonds is 9. The lowest BCUT2D eigenvalue weighted by Crippen LogP contribution is -2.41. The summed E-state index contributed by atoms with van der Waals surface area (Å²) in [6.07, 6.45) is 3.09. The summed E-state index contributed by atoms with van der Waals surface area (Å²) in [7, 11) is 3.16. The predicted molar refractivity (Wildman–Crippen MR) is 85.3 cm³/mol. The summed E-state index contributed by atoms with van der Waals surface area (Å²) >= 11 is 0. The van der Waals surface area contributed by atoms with Crippen molar-refractivity contribution >= 4 is 11.6 Å². The number of carbonyl (C=O) groups is 1. The molecule has 0 unspecified atom stereocenters. The van der Waals surface area contributed by atoms with E-state index in [1.807, 2.05) is 19.9 Å². The van der Waals surface area contributed by atoms with Crippen molar-refractivity contribution < 1.29 is 19.0 Å². The van der Waals surface area contributed by atoms with Crippen molar-refractivity contribution in [3.05, 3.63) is 17.8 Å². The van der Waals surface area contributed by atoms with E-state index >= 15 is 0 Å². The summed E-state index contributed by atoms with van der Waals surface area (Å²) in [5.74, 6) is 0.365. The van der Waals surface area contributed by atoms with Gasteiger partial charge in [0.05, 0.1) is 18.5 Å². The first-order chi connectivity index (χ1) is 10.5. The second-order valence-corrected chi connectivity index (χ2v) is 5.33. The normalized spacial score (nSPS) is 13.5. The van der Waals surface area contributed by atoms with Gasteiger partial charge in [-0.15, -0.1) is 0 Å². The van der Waals surface area contributed by atoms with Crippen LogP contribution in [0.1, 0.15) is 32.3 Å². The van der Waals surface area contributed by atoms with E-state index in [-0.39, 0.29) is 5.91 Å². The summed E-state index contributed by atoms with van der Waals surface area (Å²) in [4.78, 5) is 16.6. The van der Waals surface area contributed by atoms with Gasteiger partial charge in [-0.2, -0.15) is 0 Å². The standard InChI is InChI=1S/C16H26N2O4/c1-6-7-16(3,21-5)15(19)18-13-10-12(2)14(17-11-13)22-9-8-20-4/h10-11H,6-9H2,1-5H3,(H,18,19)/t16-/m1/s1. The smallest absolute Gasteiger partial charge is 0.256 e. The fraction of sp³-hybridized carbons (Fsp3) is 0.625. The van der Waals surface area contributed by atoms with Crippen LogP contribution in [-0.4, -0.2) is 43.9 Å². The van der Waals surface area contributed by atoms with Crippen LogP contribution in [0.25, 0.3) is 0 Å². The highest BCUT2D eigenvalue weighted by Crippen LogP contribution is 2.22. The topological polar surface area (TPSA) is 69.7 Å². The van der Waals surface area contributed by atoms with E-state index in [2.05, 4.69) is 10.3 Å². The van der Waals surface area contributed by atoms with Gasteiger partial charge in [-0.1, -0.05) is 13.3 Å². The maximum Gasteiger partial charge on any atom is 0.256 e. The summed E-state index contributed by atoms with van der Waals surface area (Å²) < 4.78 is 15.8. The maximum absolute atomic E-state index is 12.4. The third-order valence-electron chi connectivity index (χ3n) is 3.47. The third kappa shape index (κ3) is 4.96. The zero-order chi connectivity index (χ0) is 16.6. The lowest BCUT2D eigenvalue weighted by Gasteiger charge is -2.26. The quantitative estimate of drug-likeness (QED) is 0.710. The van der Waals surface area contributed by atoms with Crippen LogP contribution in [0.5, 0.6) is 5.88 Å². The second kappa shape index (κ2) is 8.70. The number of carbonyl (C=O) groups excluding carboxylic acids is 1. The molecule has 0 bridgehead atoms. The molecule has 0 aliphatic carbocycles.